The maximum Gasteiger partial charge on any atom is 0.240 e. The molecule has 0 atom stereocenters. The predicted molar refractivity (Wildman–Crippen MR) is 62.6 cm³/mol. The SMILES string of the molecule is O=S(=O)(NC1CCNCC1)c1ccc(F)c(F)c1. The molecule has 4 nitrogen and oxygen atoms in total. The average Bonchev–Trinajstić information content (AvgIpc) is 2.33. The Morgan fingerprint density at radius 3 is 2.44 bits per heavy atom. The van der Waals surface area contributed by atoms with Gasteiger partial charge in [-0.15, -0.1) is 0 Å². The van der Waals surface area contributed by atoms with E-state index in [0.29, 0.717) is 18.9 Å². The van der Waals surface area contributed by atoms with E-state index in [9.17, 15) is 17.2 Å². The molecule has 1 aliphatic heterocycles. The molecule has 1 aromatic rings. The van der Waals surface area contributed by atoms with Crippen LogP contribution in [0.15, 0.2) is 23.1 Å². The molecule has 2 N–H and O–H groups in total. The molecule has 7 heteroatoms. The van der Waals surface area contributed by atoms with Crippen LogP contribution >= 0.6 is 0 Å². The van der Waals surface area contributed by atoms with Gasteiger partial charge in [0.15, 0.2) is 11.6 Å². The lowest BCUT2D eigenvalue weighted by Crippen LogP contribution is -2.42. The Hall–Kier alpha value is -1.05. The molecular formula is C11H14F2N2O2S. The van der Waals surface area contributed by atoms with Crippen molar-refractivity contribution in [3.8, 4) is 0 Å². The molecule has 0 spiro atoms. The summed E-state index contributed by atoms with van der Waals surface area (Å²) in [4.78, 5) is -0.250. The number of benzene rings is 1. The second-order valence-electron chi connectivity index (χ2n) is 4.22. The molecule has 1 aliphatic rings. The third-order valence-electron chi connectivity index (χ3n) is 2.86. The van der Waals surface area contributed by atoms with E-state index < -0.39 is 21.7 Å². The first-order chi connectivity index (χ1) is 8.49. The topological polar surface area (TPSA) is 58.2 Å². The fraction of sp³-hybridized carbons (Fsp3) is 0.455. The molecule has 1 fully saturated rings. The largest absolute Gasteiger partial charge is 0.317 e. The second-order valence-corrected chi connectivity index (χ2v) is 5.94. The van der Waals surface area contributed by atoms with Crippen LogP contribution in [0.1, 0.15) is 12.8 Å². The average molecular weight is 276 g/mol. The van der Waals surface area contributed by atoms with E-state index in [0.717, 1.165) is 25.2 Å². The van der Waals surface area contributed by atoms with E-state index in [1.807, 2.05) is 0 Å². The van der Waals surface area contributed by atoms with Gasteiger partial charge in [0.25, 0.3) is 0 Å². The van der Waals surface area contributed by atoms with Crippen LogP contribution in [0, 0.1) is 11.6 Å². The molecule has 0 aliphatic carbocycles. The summed E-state index contributed by atoms with van der Waals surface area (Å²) in [5, 5.41) is 3.11. The van der Waals surface area contributed by atoms with Gasteiger partial charge < -0.3 is 5.32 Å². The van der Waals surface area contributed by atoms with Crippen molar-refractivity contribution < 1.29 is 17.2 Å². The zero-order chi connectivity index (χ0) is 13.2. The van der Waals surface area contributed by atoms with Crippen molar-refractivity contribution in [2.24, 2.45) is 0 Å². The van der Waals surface area contributed by atoms with Gasteiger partial charge in [-0.25, -0.2) is 21.9 Å². The Labute approximate surface area is 104 Å². The summed E-state index contributed by atoms with van der Waals surface area (Å²) < 4.78 is 52.1. The van der Waals surface area contributed by atoms with Crippen LogP contribution in [0.3, 0.4) is 0 Å². The molecule has 0 radical (unpaired) electrons. The number of hydrogen-bond donors (Lipinski definition) is 2. The minimum absolute atomic E-state index is 0.163. The highest BCUT2D eigenvalue weighted by molar-refractivity contribution is 7.89. The number of rotatable bonds is 3. The van der Waals surface area contributed by atoms with E-state index in [2.05, 4.69) is 10.0 Å². The summed E-state index contributed by atoms with van der Waals surface area (Å²) in [5.74, 6) is -2.22. The molecule has 0 aromatic heterocycles. The zero-order valence-electron chi connectivity index (χ0n) is 9.62. The van der Waals surface area contributed by atoms with Crippen molar-refractivity contribution >= 4 is 10.0 Å². The molecule has 1 aromatic carbocycles. The molecule has 100 valence electrons. The Balaban J connectivity index is 2.16. The van der Waals surface area contributed by atoms with Gasteiger partial charge in [0, 0.05) is 6.04 Å². The smallest absolute Gasteiger partial charge is 0.240 e. The van der Waals surface area contributed by atoms with Gasteiger partial charge in [-0.2, -0.15) is 0 Å². The monoisotopic (exact) mass is 276 g/mol. The van der Waals surface area contributed by atoms with Crippen molar-refractivity contribution in [2.75, 3.05) is 13.1 Å². The van der Waals surface area contributed by atoms with Crippen molar-refractivity contribution in [1.82, 2.24) is 10.0 Å². The highest BCUT2D eigenvalue weighted by Gasteiger charge is 2.22. The molecule has 2 rings (SSSR count). The van der Waals surface area contributed by atoms with E-state index in [4.69, 9.17) is 0 Å². The fourth-order valence-corrected chi connectivity index (χ4v) is 3.19. The van der Waals surface area contributed by atoms with Crippen LogP contribution in [0.2, 0.25) is 0 Å². The number of halogens is 2. The summed E-state index contributed by atoms with van der Waals surface area (Å²) in [7, 11) is -3.78. The van der Waals surface area contributed by atoms with Gasteiger partial charge in [0.2, 0.25) is 10.0 Å². The highest BCUT2D eigenvalue weighted by atomic mass is 32.2. The van der Waals surface area contributed by atoms with Crippen molar-refractivity contribution in [3.05, 3.63) is 29.8 Å². The maximum absolute atomic E-state index is 13.0. The lowest BCUT2D eigenvalue weighted by molar-refractivity contribution is 0.426. The summed E-state index contributed by atoms with van der Waals surface area (Å²) in [6.45, 7) is 1.48. The van der Waals surface area contributed by atoms with Crippen LogP contribution in [-0.4, -0.2) is 27.5 Å². The molecule has 0 bridgehead atoms. The number of nitrogens with one attached hydrogen (secondary N) is 2. The van der Waals surface area contributed by atoms with Gasteiger partial charge in [-0.3, -0.25) is 0 Å². The molecule has 1 heterocycles. The van der Waals surface area contributed by atoms with Gasteiger partial charge in [0.05, 0.1) is 4.90 Å². The van der Waals surface area contributed by atoms with Crippen molar-refractivity contribution in [1.29, 1.82) is 0 Å². The van der Waals surface area contributed by atoms with E-state index in [1.165, 1.54) is 0 Å². The van der Waals surface area contributed by atoms with E-state index in [-0.39, 0.29) is 10.9 Å². The Morgan fingerprint density at radius 2 is 1.83 bits per heavy atom. The zero-order valence-corrected chi connectivity index (χ0v) is 10.4. The first kappa shape index (κ1) is 13.4. The molecule has 0 saturated carbocycles. The molecule has 0 amide bonds. The van der Waals surface area contributed by atoms with E-state index in [1.54, 1.807) is 0 Å². The third kappa shape index (κ3) is 3.04. The van der Waals surface area contributed by atoms with Gasteiger partial charge >= 0.3 is 0 Å². The molecule has 18 heavy (non-hydrogen) atoms. The lowest BCUT2D eigenvalue weighted by atomic mass is 10.1. The second kappa shape index (κ2) is 5.29. The van der Waals surface area contributed by atoms with Crippen molar-refractivity contribution in [2.45, 2.75) is 23.8 Å². The third-order valence-corrected chi connectivity index (χ3v) is 4.38. The number of piperidine rings is 1. The highest BCUT2D eigenvalue weighted by Crippen LogP contribution is 2.15. The van der Waals surface area contributed by atoms with Crippen LogP contribution in [-0.2, 0) is 10.0 Å². The van der Waals surface area contributed by atoms with Crippen LogP contribution < -0.4 is 10.0 Å². The summed E-state index contributed by atoms with van der Waals surface area (Å²) in [6, 6.07) is 2.40. The molecule has 0 unspecified atom stereocenters. The minimum atomic E-state index is -3.78. The van der Waals surface area contributed by atoms with Crippen LogP contribution in [0.4, 0.5) is 8.78 Å². The lowest BCUT2D eigenvalue weighted by Gasteiger charge is -2.23. The Bertz CT molecular complexity index is 528. The molecule has 1 saturated heterocycles. The first-order valence-corrected chi connectivity index (χ1v) is 7.15. The first-order valence-electron chi connectivity index (χ1n) is 5.67. The molecular weight excluding hydrogens is 262 g/mol. The fourth-order valence-electron chi connectivity index (χ4n) is 1.87. The van der Waals surface area contributed by atoms with Crippen LogP contribution in [0.25, 0.3) is 0 Å². The minimum Gasteiger partial charge on any atom is -0.317 e. The Kier molecular flexibility index (Phi) is 3.94. The normalized spacial score (nSPS) is 17.9. The summed E-state index contributed by atoms with van der Waals surface area (Å²) in [6.07, 6.45) is 1.37. The van der Waals surface area contributed by atoms with Gasteiger partial charge in [-0.1, -0.05) is 0 Å². The standard InChI is InChI=1S/C11H14F2N2O2S/c12-10-2-1-9(7-11(10)13)18(16,17)15-8-3-5-14-6-4-8/h1-2,7-8,14-15H,3-6H2. The maximum atomic E-state index is 13.0. The van der Waals surface area contributed by atoms with E-state index >= 15 is 0 Å². The number of sulfonamides is 1. The summed E-state index contributed by atoms with van der Waals surface area (Å²) in [5.41, 5.74) is 0. The predicted octanol–water partition coefficient (Wildman–Crippen LogP) is 0.995. The number of hydrogen-bond acceptors (Lipinski definition) is 3. The van der Waals surface area contributed by atoms with Gasteiger partial charge in [0.1, 0.15) is 0 Å². The Morgan fingerprint density at radius 1 is 1.17 bits per heavy atom. The van der Waals surface area contributed by atoms with Gasteiger partial charge in [-0.05, 0) is 44.1 Å². The van der Waals surface area contributed by atoms with Crippen molar-refractivity contribution in [3.63, 3.8) is 0 Å². The quantitative estimate of drug-likeness (QED) is 0.866. The van der Waals surface area contributed by atoms with Crippen LogP contribution in [0.5, 0.6) is 0 Å². The summed E-state index contributed by atoms with van der Waals surface area (Å²) >= 11 is 0.